The van der Waals surface area contributed by atoms with Crippen LogP contribution in [0.3, 0.4) is 0 Å². The van der Waals surface area contributed by atoms with E-state index in [1.54, 1.807) is 0 Å². The maximum absolute atomic E-state index is 6.27. The normalized spacial score (nSPS) is 10.6. The smallest absolute Gasteiger partial charge is 0.128 e. The maximum Gasteiger partial charge on any atom is 0.128 e. The Balaban J connectivity index is 2.11. The standard InChI is InChI=1S/C17H20ClNO/c1-3-13-6-5-7-15(10-13)20-16-9-8-14(12-19-4-2)17(18)11-16/h5-11,19H,3-4,12H2,1-2H3. The van der Waals surface area contributed by atoms with E-state index in [1.165, 1.54) is 5.56 Å². The fourth-order valence-electron chi connectivity index (χ4n) is 1.96. The van der Waals surface area contributed by atoms with Crippen molar-refractivity contribution in [1.29, 1.82) is 0 Å². The van der Waals surface area contributed by atoms with E-state index in [9.17, 15) is 0 Å². The number of nitrogens with one attached hydrogen (secondary N) is 1. The highest BCUT2D eigenvalue weighted by Crippen LogP contribution is 2.27. The third kappa shape index (κ3) is 3.99. The first-order valence-corrected chi connectivity index (χ1v) is 7.36. The molecule has 0 aliphatic rings. The van der Waals surface area contributed by atoms with Gasteiger partial charge in [0, 0.05) is 11.6 Å². The van der Waals surface area contributed by atoms with Gasteiger partial charge in [0.2, 0.25) is 0 Å². The van der Waals surface area contributed by atoms with E-state index in [1.807, 2.05) is 30.3 Å². The summed E-state index contributed by atoms with van der Waals surface area (Å²) in [4.78, 5) is 0. The van der Waals surface area contributed by atoms with Crippen LogP contribution in [0, 0.1) is 0 Å². The van der Waals surface area contributed by atoms with Crippen molar-refractivity contribution in [2.45, 2.75) is 26.8 Å². The zero-order valence-corrected chi connectivity index (χ0v) is 12.7. The number of hydrogen-bond acceptors (Lipinski definition) is 2. The predicted octanol–water partition coefficient (Wildman–Crippen LogP) is 4.80. The largest absolute Gasteiger partial charge is 0.457 e. The van der Waals surface area contributed by atoms with Gasteiger partial charge in [-0.3, -0.25) is 0 Å². The first kappa shape index (κ1) is 14.9. The zero-order chi connectivity index (χ0) is 14.4. The van der Waals surface area contributed by atoms with Crippen molar-refractivity contribution in [2.75, 3.05) is 6.54 Å². The Kier molecular flexibility index (Phi) is 5.45. The third-order valence-corrected chi connectivity index (χ3v) is 3.48. The van der Waals surface area contributed by atoms with Crippen molar-refractivity contribution in [1.82, 2.24) is 5.32 Å². The molecule has 0 fully saturated rings. The highest BCUT2D eigenvalue weighted by molar-refractivity contribution is 6.31. The Labute approximate surface area is 125 Å². The molecule has 2 rings (SSSR count). The Morgan fingerprint density at radius 1 is 1.05 bits per heavy atom. The lowest BCUT2D eigenvalue weighted by Crippen LogP contribution is -2.11. The van der Waals surface area contributed by atoms with Crippen LogP contribution in [0.15, 0.2) is 42.5 Å². The summed E-state index contributed by atoms with van der Waals surface area (Å²) in [5, 5.41) is 4.00. The van der Waals surface area contributed by atoms with Crippen LogP contribution in [-0.2, 0) is 13.0 Å². The van der Waals surface area contributed by atoms with Crippen LogP contribution in [0.1, 0.15) is 25.0 Å². The summed E-state index contributed by atoms with van der Waals surface area (Å²) >= 11 is 6.27. The minimum absolute atomic E-state index is 0.732. The topological polar surface area (TPSA) is 21.3 Å². The number of rotatable bonds is 6. The number of ether oxygens (including phenoxy) is 1. The second-order valence-corrected chi connectivity index (χ2v) is 5.04. The average Bonchev–Trinajstić information content (AvgIpc) is 2.47. The quantitative estimate of drug-likeness (QED) is 0.824. The molecule has 0 aromatic heterocycles. The Morgan fingerprint density at radius 2 is 1.85 bits per heavy atom. The second kappa shape index (κ2) is 7.32. The van der Waals surface area contributed by atoms with Crippen molar-refractivity contribution in [2.24, 2.45) is 0 Å². The van der Waals surface area contributed by atoms with Crippen LogP contribution in [-0.4, -0.2) is 6.54 Å². The number of aryl methyl sites for hydroxylation is 1. The number of halogens is 1. The van der Waals surface area contributed by atoms with Crippen molar-refractivity contribution >= 4 is 11.6 Å². The van der Waals surface area contributed by atoms with Crippen molar-refractivity contribution in [3.05, 3.63) is 58.6 Å². The van der Waals surface area contributed by atoms with E-state index in [-0.39, 0.29) is 0 Å². The van der Waals surface area contributed by atoms with Gasteiger partial charge in [-0.1, -0.05) is 43.6 Å². The van der Waals surface area contributed by atoms with E-state index >= 15 is 0 Å². The van der Waals surface area contributed by atoms with Crippen LogP contribution < -0.4 is 10.1 Å². The summed E-state index contributed by atoms with van der Waals surface area (Å²) in [6.45, 7) is 5.91. The summed E-state index contributed by atoms with van der Waals surface area (Å²) in [6.07, 6.45) is 1.000. The highest BCUT2D eigenvalue weighted by Gasteiger charge is 2.04. The summed E-state index contributed by atoms with van der Waals surface area (Å²) in [6, 6.07) is 13.9. The van der Waals surface area contributed by atoms with Crippen molar-refractivity contribution in [3.8, 4) is 11.5 Å². The summed E-state index contributed by atoms with van der Waals surface area (Å²) in [5.41, 5.74) is 2.35. The fraction of sp³-hybridized carbons (Fsp3) is 0.294. The minimum atomic E-state index is 0.732. The minimum Gasteiger partial charge on any atom is -0.457 e. The molecule has 0 aliphatic carbocycles. The first-order chi connectivity index (χ1) is 9.72. The molecule has 0 saturated carbocycles. The van der Waals surface area contributed by atoms with Crippen molar-refractivity contribution in [3.63, 3.8) is 0 Å². The molecule has 0 aliphatic heterocycles. The van der Waals surface area contributed by atoms with Gasteiger partial charge in [0.05, 0.1) is 0 Å². The number of hydrogen-bond donors (Lipinski definition) is 1. The lowest BCUT2D eigenvalue weighted by molar-refractivity contribution is 0.481. The molecule has 0 bridgehead atoms. The molecule has 20 heavy (non-hydrogen) atoms. The van der Waals surface area contributed by atoms with Gasteiger partial charge in [0.15, 0.2) is 0 Å². The monoisotopic (exact) mass is 289 g/mol. The fourth-order valence-corrected chi connectivity index (χ4v) is 2.20. The van der Waals surface area contributed by atoms with E-state index in [2.05, 4.69) is 31.3 Å². The van der Waals surface area contributed by atoms with Crippen LogP contribution in [0.2, 0.25) is 5.02 Å². The third-order valence-electron chi connectivity index (χ3n) is 3.13. The van der Waals surface area contributed by atoms with Gasteiger partial charge in [-0.25, -0.2) is 0 Å². The van der Waals surface area contributed by atoms with Gasteiger partial charge in [0.1, 0.15) is 11.5 Å². The van der Waals surface area contributed by atoms with E-state index < -0.39 is 0 Å². The average molecular weight is 290 g/mol. The molecule has 106 valence electrons. The Morgan fingerprint density at radius 3 is 2.55 bits per heavy atom. The Hall–Kier alpha value is -1.51. The second-order valence-electron chi connectivity index (χ2n) is 4.64. The van der Waals surface area contributed by atoms with E-state index in [4.69, 9.17) is 16.3 Å². The molecule has 0 spiro atoms. The van der Waals surface area contributed by atoms with Crippen LogP contribution >= 0.6 is 11.6 Å². The molecule has 0 amide bonds. The van der Waals surface area contributed by atoms with Crippen LogP contribution in [0.5, 0.6) is 11.5 Å². The molecular formula is C17H20ClNO. The number of benzene rings is 2. The van der Waals surface area contributed by atoms with E-state index in [0.717, 1.165) is 41.6 Å². The zero-order valence-electron chi connectivity index (χ0n) is 11.9. The molecule has 0 radical (unpaired) electrons. The molecule has 2 aromatic carbocycles. The highest BCUT2D eigenvalue weighted by atomic mass is 35.5. The van der Waals surface area contributed by atoms with E-state index in [0.29, 0.717) is 0 Å². The lowest BCUT2D eigenvalue weighted by atomic mass is 10.1. The summed E-state index contributed by atoms with van der Waals surface area (Å²) in [5.74, 6) is 1.61. The molecule has 0 unspecified atom stereocenters. The molecule has 0 atom stereocenters. The lowest BCUT2D eigenvalue weighted by Gasteiger charge is -2.10. The van der Waals surface area contributed by atoms with Gasteiger partial charge in [-0.05, 0) is 48.4 Å². The van der Waals surface area contributed by atoms with Gasteiger partial charge >= 0.3 is 0 Å². The molecule has 2 aromatic rings. The Bertz CT molecular complexity index is 569. The summed E-state index contributed by atoms with van der Waals surface area (Å²) < 4.78 is 5.86. The van der Waals surface area contributed by atoms with Gasteiger partial charge < -0.3 is 10.1 Å². The molecule has 3 heteroatoms. The van der Waals surface area contributed by atoms with Gasteiger partial charge in [-0.2, -0.15) is 0 Å². The first-order valence-electron chi connectivity index (χ1n) is 6.99. The molecule has 1 N–H and O–H groups in total. The van der Waals surface area contributed by atoms with Gasteiger partial charge in [0.25, 0.3) is 0 Å². The molecule has 2 nitrogen and oxygen atoms in total. The maximum atomic E-state index is 6.27. The molecule has 0 heterocycles. The SMILES string of the molecule is CCNCc1ccc(Oc2cccc(CC)c2)cc1Cl. The molecular weight excluding hydrogens is 270 g/mol. The van der Waals surface area contributed by atoms with Gasteiger partial charge in [-0.15, -0.1) is 0 Å². The molecule has 0 saturated heterocycles. The van der Waals surface area contributed by atoms with Crippen LogP contribution in [0.25, 0.3) is 0 Å². The van der Waals surface area contributed by atoms with Crippen LogP contribution in [0.4, 0.5) is 0 Å². The predicted molar refractivity (Wildman–Crippen MR) is 84.7 cm³/mol. The summed E-state index contributed by atoms with van der Waals surface area (Å²) in [7, 11) is 0. The van der Waals surface area contributed by atoms with Crippen molar-refractivity contribution < 1.29 is 4.74 Å².